The van der Waals surface area contributed by atoms with Crippen LogP contribution in [0, 0.1) is 0 Å². The third-order valence-corrected chi connectivity index (χ3v) is 3.04. The van der Waals surface area contributed by atoms with E-state index in [1.165, 1.54) is 0 Å². The number of nitrogens with zero attached hydrogens (tertiary/aromatic N) is 1. The molecule has 0 spiro atoms. The molecule has 2 rings (SSSR count). The van der Waals surface area contributed by atoms with E-state index in [2.05, 4.69) is 10.2 Å². The topological polar surface area (TPSA) is 61.8 Å². The fourth-order valence-electron chi connectivity index (χ4n) is 2.15. The monoisotopic (exact) mass is 278 g/mol. The standard InChI is InChI=1S/C15H22N2O3/c1-15(2,3)20-14(19)16-11-4-6-12(7-5-11)17-9-8-13(18)10-17/h4-7,13,18H,8-10H2,1-3H3,(H,16,19)/t13-/m1/s1. The third kappa shape index (κ3) is 4.13. The summed E-state index contributed by atoms with van der Waals surface area (Å²) >= 11 is 0. The second-order valence-electron chi connectivity index (χ2n) is 6.06. The number of rotatable bonds is 2. The molecule has 1 aliphatic rings. The summed E-state index contributed by atoms with van der Waals surface area (Å²) in [6, 6.07) is 7.55. The zero-order valence-corrected chi connectivity index (χ0v) is 12.2. The zero-order chi connectivity index (χ0) is 14.8. The maximum absolute atomic E-state index is 11.6. The Labute approximate surface area is 119 Å². The molecule has 1 fully saturated rings. The first kappa shape index (κ1) is 14.7. The Morgan fingerprint density at radius 2 is 2.00 bits per heavy atom. The third-order valence-electron chi connectivity index (χ3n) is 3.04. The van der Waals surface area contributed by atoms with Crippen LogP contribution in [0.3, 0.4) is 0 Å². The first-order valence-corrected chi connectivity index (χ1v) is 6.86. The lowest BCUT2D eigenvalue weighted by Gasteiger charge is -2.20. The summed E-state index contributed by atoms with van der Waals surface area (Å²) in [6.07, 6.45) is 0.106. The Balaban J connectivity index is 1.93. The van der Waals surface area contributed by atoms with Gasteiger partial charge in [-0.3, -0.25) is 5.32 Å². The minimum atomic E-state index is -0.504. The molecular weight excluding hydrogens is 256 g/mol. The molecule has 0 radical (unpaired) electrons. The number of aliphatic hydroxyl groups is 1. The predicted molar refractivity (Wildman–Crippen MR) is 79.1 cm³/mol. The largest absolute Gasteiger partial charge is 0.444 e. The highest BCUT2D eigenvalue weighted by atomic mass is 16.6. The van der Waals surface area contributed by atoms with Crippen LogP contribution in [0.15, 0.2) is 24.3 Å². The van der Waals surface area contributed by atoms with Gasteiger partial charge < -0.3 is 14.7 Å². The first-order valence-electron chi connectivity index (χ1n) is 6.86. The number of hydrogen-bond acceptors (Lipinski definition) is 4. The Hall–Kier alpha value is -1.75. The molecule has 1 heterocycles. The van der Waals surface area contributed by atoms with Crippen LogP contribution in [-0.2, 0) is 4.74 Å². The van der Waals surface area contributed by atoms with E-state index in [9.17, 15) is 9.90 Å². The number of amides is 1. The van der Waals surface area contributed by atoms with Gasteiger partial charge in [0.25, 0.3) is 0 Å². The van der Waals surface area contributed by atoms with Gasteiger partial charge in [0, 0.05) is 24.5 Å². The van der Waals surface area contributed by atoms with Crippen LogP contribution in [-0.4, -0.2) is 36.0 Å². The van der Waals surface area contributed by atoms with Gasteiger partial charge in [-0.25, -0.2) is 4.79 Å². The molecule has 0 bridgehead atoms. The summed E-state index contributed by atoms with van der Waals surface area (Å²) in [6.45, 7) is 7.01. The van der Waals surface area contributed by atoms with Crippen LogP contribution in [0.1, 0.15) is 27.2 Å². The van der Waals surface area contributed by atoms with E-state index < -0.39 is 11.7 Å². The molecule has 1 saturated heterocycles. The quantitative estimate of drug-likeness (QED) is 0.873. The fourth-order valence-corrected chi connectivity index (χ4v) is 2.15. The van der Waals surface area contributed by atoms with Gasteiger partial charge in [-0.1, -0.05) is 0 Å². The summed E-state index contributed by atoms with van der Waals surface area (Å²) in [5.41, 5.74) is 1.24. The van der Waals surface area contributed by atoms with Crippen LogP contribution in [0.4, 0.5) is 16.2 Å². The highest BCUT2D eigenvalue weighted by Crippen LogP contribution is 2.22. The number of anilines is 2. The number of carbonyl (C=O) groups is 1. The molecule has 20 heavy (non-hydrogen) atoms. The van der Waals surface area contributed by atoms with Crippen LogP contribution in [0.2, 0.25) is 0 Å². The van der Waals surface area contributed by atoms with E-state index in [0.717, 1.165) is 18.7 Å². The molecule has 2 N–H and O–H groups in total. The lowest BCUT2D eigenvalue weighted by atomic mass is 10.2. The van der Waals surface area contributed by atoms with E-state index in [1.807, 2.05) is 45.0 Å². The SMILES string of the molecule is CC(C)(C)OC(=O)Nc1ccc(N2CC[C@@H](O)C2)cc1. The fraction of sp³-hybridized carbons (Fsp3) is 0.533. The van der Waals surface area contributed by atoms with Gasteiger partial charge in [0.05, 0.1) is 6.10 Å². The predicted octanol–water partition coefficient (Wildman–Crippen LogP) is 2.60. The molecular formula is C15H22N2O3. The van der Waals surface area contributed by atoms with Gasteiger partial charge in [-0.2, -0.15) is 0 Å². The Kier molecular flexibility index (Phi) is 4.18. The molecule has 0 saturated carbocycles. The van der Waals surface area contributed by atoms with E-state index in [-0.39, 0.29) is 6.10 Å². The highest BCUT2D eigenvalue weighted by molar-refractivity contribution is 5.85. The van der Waals surface area contributed by atoms with E-state index in [4.69, 9.17) is 4.74 Å². The summed E-state index contributed by atoms with van der Waals surface area (Å²) in [5, 5.41) is 12.2. The minimum absolute atomic E-state index is 0.241. The summed E-state index contributed by atoms with van der Waals surface area (Å²) in [4.78, 5) is 13.8. The van der Waals surface area contributed by atoms with Crippen molar-refractivity contribution in [3.05, 3.63) is 24.3 Å². The van der Waals surface area contributed by atoms with Crippen molar-refractivity contribution < 1.29 is 14.6 Å². The molecule has 1 aromatic carbocycles. The Bertz CT molecular complexity index is 465. The molecule has 5 nitrogen and oxygen atoms in total. The smallest absolute Gasteiger partial charge is 0.412 e. The van der Waals surface area contributed by atoms with Crippen LogP contribution >= 0.6 is 0 Å². The normalized spacial score (nSPS) is 19.0. The molecule has 0 unspecified atom stereocenters. The molecule has 0 aliphatic carbocycles. The van der Waals surface area contributed by atoms with Crippen LogP contribution in [0.5, 0.6) is 0 Å². The molecule has 1 atom stereocenters. The van der Waals surface area contributed by atoms with Crippen molar-refractivity contribution in [2.45, 2.75) is 38.9 Å². The van der Waals surface area contributed by atoms with Crippen molar-refractivity contribution in [1.82, 2.24) is 0 Å². The average Bonchev–Trinajstić information content (AvgIpc) is 2.74. The number of nitrogens with one attached hydrogen (secondary N) is 1. The number of aliphatic hydroxyl groups excluding tert-OH is 1. The zero-order valence-electron chi connectivity index (χ0n) is 12.2. The van der Waals surface area contributed by atoms with Gasteiger partial charge in [-0.05, 0) is 51.5 Å². The van der Waals surface area contributed by atoms with Gasteiger partial charge in [0.1, 0.15) is 5.60 Å². The summed E-state index contributed by atoms with van der Waals surface area (Å²) in [7, 11) is 0. The Morgan fingerprint density at radius 3 is 2.50 bits per heavy atom. The number of β-amino-alcohol motifs (C(OH)–C–C–N with tert-alkyl or cyclic N) is 1. The number of ether oxygens (including phenoxy) is 1. The molecule has 0 aromatic heterocycles. The Morgan fingerprint density at radius 1 is 1.35 bits per heavy atom. The summed E-state index contributed by atoms with van der Waals surface area (Å²) < 4.78 is 5.19. The number of benzene rings is 1. The van der Waals surface area contributed by atoms with E-state index in [1.54, 1.807) is 0 Å². The van der Waals surface area contributed by atoms with Gasteiger partial charge >= 0.3 is 6.09 Å². The van der Waals surface area contributed by atoms with E-state index in [0.29, 0.717) is 12.2 Å². The maximum Gasteiger partial charge on any atom is 0.412 e. The average molecular weight is 278 g/mol. The molecule has 110 valence electrons. The van der Waals surface area contributed by atoms with Crippen molar-refractivity contribution in [2.24, 2.45) is 0 Å². The van der Waals surface area contributed by atoms with Gasteiger partial charge in [-0.15, -0.1) is 0 Å². The lowest BCUT2D eigenvalue weighted by Crippen LogP contribution is -2.27. The number of carbonyl (C=O) groups excluding carboxylic acids is 1. The highest BCUT2D eigenvalue weighted by Gasteiger charge is 2.20. The number of hydrogen-bond donors (Lipinski definition) is 2. The maximum atomic E-state index is 11.6. The van der Waals surface area contributed by atoms with Crippen molar-refractivity contribution in [3.8, 4) is 0 Å². The van der Waals surface area contributed by atoms with Crippen LogP contribution in [0.25, 0.3) is 0 Å². The summed E-state index contributed by atoms with van der Waals surface area (Å²) in [5.74, 6) is 0. The molecule has 5 heteroatoms. The molecule has 1 aromatic rings. The van der Waals surface area contributed by atoms with Crippen molar-refractivity contribution in [1.29, 1.82) is 0 Å². The minimum Gasteiger partial charge on any atom is -0.444 e. The van der Waals surface area contributed by atoms with Crippen molar-refractivity contribution in [2.75, 3.05) is 23.3 Å². The molecule has 1 aliphatic heterocycles. The second kappa shape index (κ2) is 5.71. The van der Waals surface area contributed by atoms with Gasteiger partial charge in [0.2, 0.25) is 0 Å². The molecule has 1 amide bonds. The second-order valence-corrected chi connectivity index (χ2v) is 6.06. The van der Waals surface area contributed by atoms with E-state index >= 15 is 0 Å². The first-order chi connectivity index (χ1) is 9.33. The van der Waals surface area contributed by atoms with Crippen molar-refractivity contribution >= 4 is 17.5 Å². The lowest BCUT2D eigenvalue weighted by molar-refractivity contribution is 0.0636. The van der Waals surface area contributed by atoms with Crippen LogP contribution < -0.4 is 10.2 Å². The van der Waals surface area contributed by atoms with Crippen molar-refractivity contribution in [3.63, 3.8) is 0 Å². The van der Waals surface area contributed by atoms with Gasteiger partial charge in [0.15, 0.2) is 0 Å².